The highest BCUT2D eigenvalue weighted by Crippen LogP contribution is 2.05. The second kappa shape index (κ2) is 7.67. The third-order valence-electron chi connectivity index (χ3n) is 2.91. The Bertz CT molecular complexity index is 514. The number of thiophene rings is 1. The fourth-order valence-electron chi connectivity index (χ4n) is 1.87. The van der Waals surface area contributed by atoms with Gasteiger partial charge in [0, 0.05) is 6.54 Å². The molecule has 2 aromatic rings. The first-order chi connectivity index (χ1) is 9.78. The maximum absolute atomic E-state index is 11.8. The van der Waals surface area contributed by atoms with Crippen LogP contribution in [-0.2, 0) is 13.0 Å². The highest BCUT2D eigenvalue weighted by molar-refractivity contribution is 7.07. The van der Waals surface area contributed by atoms with Crippen LogP contribution in [0.4, 0.5) is 4.79 Å². The molecular weight excluding hydrogens is 272 g/mol. The van der Waals surface area contributed by atoms with Crippen molar-refractivity contribution in [2.24, 2.45) is 0 Å². The van der Waals surface area contributed by atoms with E-state index < -0.39 is 0 Å². The van der Waals surface area contributed by atoms with Gasteiger partial charge < -0.3 is 15.7 Å². The quantitative estimate of drug-likeness (QED) is 0.763. The Balaban J connectivity index is 1.79. The van der Waals surface area contributed by atoms with E-state index in [2.05, 4.69) is 10.6 Å². The summed E-state index contributed by atoms with van der Waals surface area (Å²) in [4.78, 5) is 11.8. The molecule has 0 saturated heterocycles. The monoisotopic (exact) mass is 290 g/mol. The summed E-state index contributed by atoms with van der Waals surface area (Å²) in [6.45, 7) is 0.416. The maximum Gasteiger partial charge on any atom is 0.315 e. The van der Waals surface area contributed by atoms with Crippen LogP contribution in [0.5, 0.6) is 0 Å². The lowest BCUT2D eigenvalue weighted by Crippen LogP contribution is -2.44. The number of urea groups is 1. The smallest absolute Gasteiger partial charge is 0.315 e. The van der Waals surface area contributed by atoms with Crippen molar-refractivity contribution in [2.45, 2.75) is 19.0 Å². The van der Waals surface area contributed by atoms with E-state index in [9.17, 15) is 9.90 Å². The van der Waals surface area contributed by atoms with Crippen molar-refractivity contribution in [1.29, 1.82) is 0 Å². The molecule has 0 aliphatic rings. The van der Waals surface area contributed by atoms with Gasteiger partial charge in [-0.1, -0.05) is 30.3 Å². The molecule has 3 N–H and O–H groups in total. The van der Waals surface area contributed by atoms with E-state index >= 15 is 0 Å². The molecule has 0 aliphatic carbocycles. The van der Waals surface area contributed by atoms with Crippen LogP contribution < -0.4 is 10.6 Å². The Labute approximate surface area is 122 Å². The van der Waals surface area contributed by atoms with Crippen LogP contribution in [0.15, 0.2) is 47.2 Å². The van der Waals surface area contributed by atoms with Gasteiger partial charge in [0.15, 0.2) is 0 Å². The summed E-state index contributed by atoms with van der Waals surface area (Å²) < 4.78 is 0. The fraction of sp³-hybridized carbons (Fsp3) is 0.267. The number of rotatable bonds is 6. The van der Waals surface area contributed by atoms with E-state index in [4.69, 9.17) is 0 Å². The molecule has 0 fully saturated rings. The van der Waals surface area contributed by atoms with Gasteiger partial charge in [-0.2, -0.15) is 11.3 Å². The maximum atomic E-state index is 11.8. The van der Waals surface area contributed by atoms with Gasteiger partial charge in [-0.25, -0.2) is 4.79 Å². The van der Waals surface area contributed by atoms with E-state index in [1.165, 1.54) is 0 Å². The number of carbonyl (C=O) groups excluding carboxylic acids is 1. The van der Waals surface area contributed by atoms with Gasteiger partial charge in [0.05, 0.1) is 12.6 Å². The average molecular weight is 290 g/mol. The Hall–Kier alpha value is -1.85. The van der Waals surface area contributed by atoms with Gasteiger partial charge in [0.1, 0.15) is 0 Å². The van der Waals surface area contributed by atoms with E-state index in [0.29, 0.717) is 13.0 Å². The van der Waals surface area contributed by atoms with Crippen LogP contribution in [0.2, 0.25) is 0 Å². The molecule has 4 nitrogen and oxygen atoms in total. The number of aliphatic hydroxyl groups excluding tert-OH is 1. The number of nitrogens with one attached hydrogen (secondary N) is 2. The number of hydrogen-bond acceptors (Lipinski definition) is 3. The summed E-state index contributed by atoms with van der Waals surface area (Å²) in [5, 5.41) is 18.9. The van der Waals surface area contributed by atoms with E-state index in [1.807, 2.05) is 47.2 Å². The summed E-state index contributed by atoms with van der Waals surface area (Å²) in [6, 6.07) is 11.2. The highest BCUT2D eigenvalue weighted by atomic mass is 32.1. The molecule has 1 aromatic heterocycles. The predicted molar refractivity (Wildman–Crippen MR) is 80.7 cm³/mol. The molecule has 0 spiro atoms. The van der Waals surface area contributed by atoms with Crippen molar-refractivity contribution in [2.75, 3.05) is 6.61 Å². The summed E-state index contributed by atoms with van der Waals surface area (Å²) in [6.07, 6.45) is 0.614. The molecule has 20 heavy (non-hydrogen) atoms. The van der Waals surface area contributed by atoms with E-state index in [0.717, 1.165) is 11.1 Å². The van der Waals surface area contributed by atoms with Crippen LogP contribution in [0, 0.1) is 0 Å². The minimum Gasteiger partial charge on any atom is -0.394 e. The third kappa shape index (κ3) is 4.68. The van der Waals surface area contributed by atoms with Gasteiger partial charge in [0.2, 0.25) is 0 Å². The molecule has 1 heterocycles. The van der Waals surface area contributed by atoms with E-state index in [1.54, 1.807) is 11.3 Å². The van der Waals surface area contributed by atoms with Crippen molar-refractivity contribution in [3.8, 4) is 0 Å². The number of amides is 2. The second-order valence-corrected chi connectivity index (χ2v) is 5.31. The van der Waals surface area contributed by atoms with Crippen molar-refractivity contribution in [3.05, 3.63) is 58.3 Å². The van der Waals surface area contributed by atoms with Gasteiger partial charge in [-0.15, -0.1) is 0 Å². The summed E-state index contributed by atoms with van der Waals surface area (Å²) in [5.41, 5.74) is 2.17. The van der Waals surface area contributed by atoms with Crippen molar-refractivity contribution < 1.29 is 9.90 Å². The lowest BCUT2D eigenvalue weighted by Gasteiger charge is -2.16. The first kappa shape index (κ1) is 14.6. The summed E-state index contributed by atoms with van der Waals surface area (Å²) >= 11 is 1.60. The molecule has 1 aromatic carbocycles. The average Bonchev–Trinajstić information content (AvgIpc) is 2.99. The lowest BCUT2D eigenvalue weighted by atomic mass is 10.1. The Morgan fingerprint density at radius 3 is 2.65 bits per heavy atom. The standard InChI is InChI=1S/C15H18N2O2S/c18-10-14(8-12-4-2-1-3-5-12)17-15(19)16-9-13-6-7-20-11-13/h1-7,11,14,18H,8-10H2,(H2,16,17,19). The van der Waals surface area contributed by atoms with Crippen molar-refractivity contribution >= 4 is 17.4 Å². The van der Waals surface area contributed by atoms with Crippen LogP contribution >= 0.6 is 11.3 Å². The van der Waals surface area contributed by atoms with Crippen molar-refractivity contribution in [1.82, 2.24) is 10.6 Å². The fourth-order valence-corrected chi connectivity index (χ4v) is 2.54. The summed E-state index contributed by atoms with van der Waals surface area (Å²) in [7, 11) is 0. The first-order valence-corrected chi connectivity index (χ1v) is 7.42. The molecule has 5 heteroatoms. The van der Waals surface area contributed by atoms with Crippen LogP contribution in [-0.4, -0.2) is 23.8 Å². The number of benzene rings is 1. The van der Waals surface area contributed by atoms with Crippen molar-refractivity contribution in [3.63, 3.8) is 0 Å². The topological polar surface area (TPSA) is 61.4 Å². The molecule has 2 rings (SSSR count). The highest BCUT2D eigenvalue weighted by Gasteiger charge is 2.11. The number of carbonyl (C=O) groups is 1. The Morgan fingerprint density at radius 1 is 1.20 bits per heavy atom. The first-order valence-electron chi connectivity index (χ1n) is 6.48. The number of hydrogen-bond donors (Lipinski definition) is 3. The minimum atomic E-state index is -0.278. The third-order valence-corrected chi connectivity index (χ3v) is 3.65. The molecule has 1 unspecified atom stereocenters. The Morgan fingerprint density at radius 2 is 2.00 bits per heavy atom. The largest absolute Gasteiger partial charge is 0.394 e. The van der Waals surface area contributed by atoms with Crippen LogP contribution in [0.1, 0.15) is 11.1 Å². The predicted octanol–water partition coefficient (Wildman–Crippen LogP) is 2.15. The molecular formula is C15H18N2O2S. The SMILES string of the molecule is O=C(NCc1ccsc1)NC(CO)Cc1ccccc1. The van der Waals surface area contributed by atoms with Gasteiger partial charge in [-0.3, -0.25) is 0 Å². The Kier molecular flexibility index (Phi) is 5.58. The number of aliphatic hydroxyl groups is 1. The van der Waals surface area contributed by atoms with Gasteiger partial charge >= 0.3 is 6.03 Å². The minimum absolute atomic E-state index is 0.0826. The molecule has 1 atom stereocenters. The molecule has 0 saturated carbocycles. The molecule has 0 radical (unpaired) electrons. The molecule has 2 amide bonds. The second-order valence-electron chi connectivity index (χ2n) is 4.53. The molecule has 0 bridgehead atoms. The van der Waals surface area contributed by atoms with Gasteiger partial charge in [-0.05, 0) is 34.4 Å². The molecule has 0 aliphatic heterocycles. The zero-order chi connectivity index (χ0) is 14.2. The zero-order valence-electron chi connectivity index (χ0n) is 11.1. The normalized spacial score (nSPS) is 11.8. The van der Waals surface area contributed by atoms with Gasteiger partial charge in [0.25, 0.3) is 0 Å². The zero-order valence-corrected chi connectivity index (χ0v) is 11.9. The molecule has 106 valence electrons. The van der Waals surface area contributed by atoms with E-state index in [-0.39, 0.29) is 18.7 Å². The summed E-state index contributed by atoms with van der Waals surface area (Å²) in [5.74, 6) is 0. The van der Waals surface area contributed by atoms with Crippen LogP contribution in [0.25, 0.3) is 0 Å². The van der Waals surface area contributed by atoms with Crippen LogP contribution in [0.3, 0.4) is 0 Å². The lowest BCUT2D eigenvalue weighted by molar-refractivity contribution is 0.215.